The Kier molecular flexibility index (Phi) is 3.66. The molecular weight excluding hydrogens is 262 g/mol. The highest BCUT2D eigenvalue weighted by Crippen LogP contribution is 2.31. The van der Waals surface area contributed by atoms with Crippen molar-refractivity contribution in [2.75, 3.05) is 6.61 Å². The maximum Gasteiger partial charge on any atom is 0.125 e. The summed E-state index contributed by atoms with van der Waals surface area (Å²) in [4.78, 5) is 7.66. The van der Waals surface area contributed by atoms with Crippen molar-refractivity contribution in [3.8, 4) is 11.8 Å². The van der Waals surface area contributed by atoms with E-state index in [1.54, 1.807) is 6.33 Å². The Labute approximate surface area is 124 Å². The molecule has 0 spiro atoms. The third kappa shape index (κ3) is 2.64. The van der Waals surface area contributed by atoms with Crippen molar-refractivity contribution in [1.29, 1.82) is 5.26 Å². The third-order valence-corrected chi connectivity index (χ3v) is 4.14. The predicted octanol–water partition coefficient (Wildman–Crippen LogP) is 3.40. The normalized spacial score (nSPS) is 17.1. The molecule has 2 aromatic rings. The van der Waals surface area contributed by atoms with Crippen LogP contribution in [0.1, 0.15) is 46.8 Å². The summed E-state index contributed by atoms with van der Waals surface area (Å²) in [7, 11) is 0. The molecule has 3 rings (SSSR count). The van der Waals surface area contributed by atoms with E-state index >= 15 is 0 Å². The number of benzene rings is 1. The SMILES string of the molecule is Cc1cc(C#N)cc(C)c1OCC1CCCc2[nH]cnc21. The molecule has 1 unspecified atom stereocenters. The number of nitrogens with one attached hydrogen (secondary N) is 1. The number of rotatable bonds is 3. The van der Waals surface area contributed by atoms with Gasteiger partial charge >= 0.3 is 0 Å². The van der Waals surface area contributed by atoms with Crippen LogP contribution in [0.4, 0.5) is 0 Å². The number of aromatic amines is 1. The Morgan fingerprint density at radius 2 is 2.14 bits per heavy atom. The number of nitriles is 1. The van der Waals surface area contributed by atoms with Gasteiger partial charge in [0.05, 0.1) is 30.3 Å². The minimum Gasteiger partial charge on any atom is -0.492 e. The van der Waals surface area contributed by atoms with Crippen molar-refractivity contribution in [3.05, 3.63) is 46.5 Å². The largest absolute Gasteiger partial charge is 0.492 e. The number of imidazole rings is 1. The van der Waals surface area contributed by atoms with E-state index in [-0.39, 0.29) is 0 Å². The highest BCUT2D eigenvalue weighted by Gasteiger charge is 2.23. The average molecular weight is 281 g/mol. The fourth-order valence-electron chi connectivity index (χ4n) is 3.13. The summed E-state index contributed by atoms with van der Waals surface area (Å²) >= 11 is 0. The second-order valence-electron chi connectivity index (χ2n) is 5.72. The van der Waals surface area contributed by atoms with E-state index in [0.29, 0.717) is 18.1 Å². The summed E-state index contributed by atoms with van der Waals surface area (Å²) in [5.41, 5.74) is 5.13. The lowest BCUT2D eigenvalue weighted by Crippen LogP contribution is -2.17. The zero-order valence-corrected chi connectivity index (χ0v) is 12.4. The second kappa shape index (κ2) is 5.61. The minimum absolute atomic E-state index is 0.356. The average Bonchev–Trinajstić information content (AvgIpc) is 2.95. The zero-order chi connectivity index (χ0) is 14.8. The molecule has 1 heterocycles. The fourth-order valence-corrected chi connectivity index (χ4v) is 3.13. The number of ether oxygens (including phenoxy) is 1. The van der Waals surface area contributed by atoms with Crippen molar-refractivity contribution >= 4 is 0 Å². The first-order valence-electron chi connectivity index (χ1n) is 7.35. The van der Waals surface area contributed by atoms with Crippen molar-refractivity contribution in [2.24, 2.45) is 0 Å². The van der Waals surface area contributed by atoms with Crippen LogP contribution >= 0.6 is 0 Å². The molecule has 0 saturated carbocycles. The molecule has 0 radical (unpaired) electrons. The Morgan fingerprint density at radius 1 is 1.38 bits per heavy atom. The van der Waals surface area contributed by atoms with Crippen LogP contribution in [0, 0.1) is 25.2 Å². The smallest absolute Gasteiger partial charge is 0.125 e. The van der Waals surface area contributed by atoms with E-state index in [1.807, 2.05) is 26.0 Å². The highest BCUT2D eigenvalue weighted by molar-refractivity contribution is 5.47. The number of aryl methyl sites for hydroxylation is 3. The molecule has 0 bridgehead atoms. The van der Waals surface area contributed by atoms with Crippen molar-refractivity contribution < 1.29 is 4.74 Å². The van der Waals surface area contributed by atoms with Gasteiger partial charge in [0.2, 0.25) is 0 Å². The van der Waals surface area contributed by atoms with E-state index in [9.17, 15) is 0 Å². The molecule has 1 aromatic heterocycles. The summed E-state index contributed by atoms with van der Waals surface area (Å²) < 4.78 is 6.07. The first kappa shape index (κ1) is 13.7. The lowest BCUT2D eigenvalue weighted by molar-refractivity contribution is 0.269. The molecular formula is C17H19N3O. The van der Waals surface area contributed by atoms with Crippen LogP contribution in [0.2, 0.25) is 0 Å². The maximum atomic E-state index is 8.99. The van der Waals surface area contributed by atoms with Crippen LogP contribution in [0.25, 0.3) is 0 Å². The molecule has 1 N–H and O–H groups in total. The molecule has 0 aliphatic heterocycles. The standard InChI is InChI=1S/C17H19N3O/c1-11-6-13(8-18)7-12(2)17(11)21-9-14-4-3-5-15-16(14)20-10-19-15/h6-7,10,14H,3-5,9H2,1-2H3,(H,19,20). The summed E-state index contributed by atoms with van der Waals surface area (Å²) in [5.74, 6) is 1.26. The van der Waals surface area contributed by atoms with Crippen molar-refractivity contribution in [2.45, 2.75) is 39.0 Å². The van der Waals surface area contributed by atoms with Gasteiger partial charge < -0.3 is 9.72 Å². The maximum absolute atomic E-state index is 8.99. The molecule has 0 amide bonds. The number of H-pyrrole nitrogens is 1. The van der Waals surface area contributed by atoms with Crippen LogP contribution < -0.4 is 4.74 Å². The predicted molar refractivity (Wildman–Crippen MR) is 80.4 cm³/mol. The number of hydrogen-bond donors (Lipinski definition) is 1. The van der Waals surface area contributed by atoms with Crippen molar-refractivity contribution in [3.63, 3.8) is 0 Å². The molecule has 1 aliphatic carbocycles. The van der Waals surface area contributed by atoms with Gasteiger partial charge in [0, 0.05) is 11.6 Å². The van der Waals surface area contributed by atoms with Gasteiger partial charge in [0.25, 0.3) is 0 Å². The van der Waals surface area contributed by atoms with Crippen LogP contribution in [-0.2, 0) is 6.42 Å². The molecule has 0 saturated heterocycles. The van der Waals surface area contributed by atoms with Gasteiger partial charge in [0.15, 0.2) is 0 Å². The molecule has 0 fully saturated rings. The molecule has 4 heteroatoms. The first-order chi connectivity index (χ1) is 10.2. The van der Waals surface area contributed by atoms with E-state index in [1.165, 1.54) is 12.1 Å². The van der Waals surface area contributed by atoms with Crippen molar-refractivity contribution in [1.82, 2.24) is 9.97 Å². The van der Waals surface area contributed by atoms with Crippen LogP contribution in [-0.4, -0.2) is 16.6 Å². The molecule has 1 aromatic carbocycles. The van der Waals surface area contributed by atoms with E-state index in [0.717, 1.165) is 35.4 Å². The lowest BCUT2D eigenvalue weighted by atomic mass is 9.90. The summed E-state index contributed by atoms with van der Waals surface area (Å²) in [6.45, 7) is 4.62. The monoisotopic (exact) mass is 281 g/mol. The third-order valence-electron chi connectivity index (χ3n) is 4.14. The van der Waals surface area contributed by atoms with Gasteiger partial charge in [-0.05, 0) is 56.4 Å². The Morgan fingerprint density at radius 3 is 2.86 bits per heavy atom. The Balaban J connectivity index is 1.77. The van der Waals surface area contributed by atoms with Gasteiger partial charge in [-0.1, -0.05) is 0 Å². The molecule has 108 valence electrons. The van der Waals surface area contributed by atoms with Crippen LogP contribution in [0.15, 0.2) is 18.5 Å². The van der Waals surface area contributed by atoms with Crippen LogP contribution in [0.5, 0.6) is 5.75 Å². The molecule has 1 aliphatic rings. The molecule has 4 nitrogen and oxygen atoms in total. The summed E-state index contributed by atoms with van der Waals surface area (Å²) in [5, 5.41) is 8.99. The Bertz CT molecular complexity index is 673. The summed E-state index contributed by atoms with van der Waals surface area (Å²) in [6, 6.07) is 5.94. The van der Waals surface area contributed by atoms with Gasteiger partial charge in [-0.15, -0.1) is 0 Å². The molecule has 21 heavy (non-hydrogen) atoms. The van der Waals surface area contributed by atoms with Gasteiger partial charge in [0.1, 0.15) is 5.75 Å². The highest BCUT2D eigenvalue weighted by atomic mass is 16.5. The van der Waals surface area contributed by atoms with Crippen LogP contribution in [0.3, 0.4) is 0 Å². The number of hydrogen-bond acceptors (Lipinski definition) is 3. The fraction of sp³-hybridized carbons (Fsp3) is 0.412. The van der Waals surface area contributed by atoms with Gasteiger partial charge in [-0.25, -0.2) is 4.98 Å². The minimum atomic E-state index is 0.356. The van der Waals surface area contributed by atoms with E-state index in [4.69, 9.17) is 10.00 Å². The zero-order valence-electron chi connectivity index (χ0n) is 12.4. The van der Waals surface area contributed by atoms with E-state index < -0.39 is 0 Å². The number of nitrogens with zero attached hydrogens (tertiary/aromatic N) is 2. The van der Waals surface area contributed by atoms with Gasteiger partial charge in [-0.3, -0.25) is 0 Å². The Hall–Kier alpha value is -2.28. The number of aromatic nitrogens is 2. The quantitative estimate of drug-likeness (QED) is 0.938. The first-order valence-corrected chi connectivity index (χ1v) is 7.35. The molecule has 1 atom stereocenters. The van der Waals surface area contributed by atoms with E-state index in [2.05, 4.69) is 16.0 Å². The summed E-state index contributed by atoms with van der Waals surface area (Å²) in [6.07, 6.45) is 5.16. The number of fused-ring (bicyclic) bond motifs is 1. The lowest BCUT2D eigenvalue weighted by Gasteiger charge is -2.22. The topological polar surface area (TPSA) is 61.7 Å². The van der Waals surface area contributed by atoms with Gasteiger partial charge in [-0.2, -0.15) is 5.26 Å². The second-order valence-corrected chi connectivity index (χ2v) is 5.72.